The summed E-state index contributed by atoms with van der Waals surface area (Å²) in [7, 11) is 1.89. The third-order valence-corrected chi connectivity index (χ3v) is 2.48. The van der Waals surface area contributed by atoms with Crippen molar-refractivity contribution in [1.82, 2.24) is 4.98 Å². The third-order valence-electron chi connectivity index (χ3n) is 2.48. The molecule has 4 nitrogen and oxygen atoms in total. The first-order valence-electron chi connectivity index (χ1n) is 5.16. The number of carbonyl (C=O) groups is 1. The molecule has 1 N–H and O–H groups in total. The number of aromatic nitrogens is 1. The van der Waals surface area contributed by atoms with Gasteiger partial charge in [-0.25, -0.2) is 9.78 Å². The van der Waals surface area contributed by atoms with Gasteiger partial charge in [0.15, 0.2) is 0 Å². The highest BCUT2D eigenvalue weighted by Crippen LogP contribution is 2.20. The van der Waals surface area contributed by atoms with Crippen LogP contribution in [0.15, 0.2) is 48.7 Å². The van der Waals surface area contributed by atoms with E-state index >= 15 is 0 Å². The standard InChI is InChI=1S/C13H12N2O2/c1-15(11-5-3-2-4-6-11)12-8-7-10(9-14-12)13(16)17/h2-9H,1H3,(H,16,17). The highest BCUT2D eigenvalue weighted by Gasteiger charge is 2.07. The van der Waals surface area contributed by atoms with Crippen molar-refractivity contribution in [3.63, 3.8) is 0 Å². The van der Waals surface area contributed by atoms with Crippen LogP contribution in [0.25, 0.3) is 0 Å². The van der Waals surface area contributed by atoms with Gasteiger partial charge >= 0.3 is 5.97 Å². The Morgan fingerprint density at radius 3 is 2.41 bits per heavy atom. The van der Waals surface area contributed by atoms with Gasteiger partial charge in [0.2, 0.25) is 0 Å². The summed E-state index contributed by atoms with van der Waals surface area (Å²) in [4.78, 5) is 16.7. The van der Waals surface area contributed by atoms with Gasteiger partial charge in [-0.2, -0.15) is 0 Å². The first kappa shape index (κ1) is 11.1. The molecular formula is C13H12N2O2. The van der Waals surface area contributed by atoms with E-state index in [4.69, 9.17) is 5.11 Å². The zero-order valence-electron chi connectivity index (χ0n) is 9.37. The van der Waals surface area contributed by atoms with Gasteiger partial charge in [-0.3, -0.25) is 0 Å². The van der Waals surface area contributed by atoms with Crippen LogP contribution in [0, 0.1) is 0 Å². The maximum absolute atomic E-state index is 10.7. The number of benzene rings is 1. The molecule has 0 saturated heterocycles. The van der Waals surface area contributed by atoms with Crippen LogP contribution in [0.5, 0.6) is 0 Å². The Labute approximate surface area is 99.2 Å². The van der Waals surface area contributed by atoms with Crippen LogP contribution >= 0.6 is 0 Å². The maximum Gasteiger partial charge on any atom is 0.337 e. The summed E-state index contributed by atoms with van der Waals surface area (Å²) >= 11 is 0. The molecule has 0 saturated carbocycles. The summed E-state index contributed by atoms with van der Waals surface area (Å²) in [6, 6.07) is 13.0. The van der Waals surface area contributed by atoms with E-state index in [9.17, 15) is 4.79 Å². The molecule has 0 atom stereocenters. The van der Waals surface area contributed by atoms with Gasteiger partial charge in [0.1, 0.15) is 5.82 Å². The van der Waals surface area contributed by atoms with Crippen molar-refractivity contribution >= 4 is 17.5 Å². The molecule has 0 unspecified atom stereocenters. The molecule has 86 valence electrons. The largest absolute Gasteiger partial charge is 0.478 e. The fourth-order valence-corrected chi connectivity index (χ4v) is 1.49. The average molecular weight is 228 g/mol. The molecule has 2 aromatic rings. The number of aromatic carboxylic acids is 1. The lowest BCUT2D eigenvalue weighted by molar-refractivity contribution is 0.0696. The molecule has 0 aliphatic carbocycles. The zero-order chi connectivity index (χ0) is 12.3. The van der Waals surface area contributed by atoms with Crippen LogP contribution in [0.2, 0.25) is 0 Å². The van der Waals surface area contributed by atoms with Gasteiger partial charge in [-0.05, 0) is 24.3 Å². The van der Waals surface area contributed by atoms with E-state index in [0.29, 0.717) is 5.82 Å². The lowest BCUT2D eigenvalue weighted by atomic mass is 10.2. The number of hydrogen-bond donors (Lipinski definition) is 1. The predicted molar refractivity (Wildman–Crippen MR) is 65.7 cm³/mol. The molecule has 0 aliphatic heterocycles. The number of carboxylic acids is 1. The second-order valence-electron chi connectivity index (χ2n) is 3.60. The van der Waals surface area contributed by atoms with Crippen LogP contribution in [-0.4, -0.2) is 23.1 Å². The molecule has 0 spiro atoms. The minimum absolute atomic E-state index is 0.190. The molecule has 0 amide bonds. The van der Waals surface area contributed by atoms with Crippen molar-refractivity contribution in [2.75, 3.05) is 11.9 Å². The van der Waals surface area contributed by atoms with Gasteiger partial charge in [0, 0.05) is 18.9 Å². The minimum atomic E-state index is -0.966. The van der Waals surface area contributed by atoms with Crippen molar-refractivity contribution < 1.29 is 9.90 Å². The fraction of sp³-hybridized carbons (Fsp3) is 0.0769. The van der Waals surface area contributed by atoms with Gasteiger partial charge in [0.25, 0.3) is 0 Å². The Balaban J connectivity index is 2.26. The molecule has 0 bridgehead atoms. The Hall–Kier alpha value is -2.36. The Morgan fingerprint density at radius 2 is 1.88 bits per heavy atom. The van der Waals surface area contributed by atoms with Gasteiger partial charge in [0.05, 0.1) is 5.56 Å². The van der Waals surface area contributed by atoms with Crippen molar-refractivity contribution in [2.45, 2.75) is 0 Å². The number of carboxylic acid groups (broad SMARTS) is 1. The van der Waals surface area contributed by atoms with E-state index < -0.39 is 5.97 Å². The van der Waals surface area contributed by atoms with E-state index in [1.54, 1.807) is 12.1 Å². The summed E-state index contributed by atoms with van der Waals surface area (Å²) in [5.74, 6) is -0.257. The Bertz CT molecular complexity index is 509. The molecule has 1 aromatic carbocycles. The second kappa shape index (κ2) is 4.65. The lowest BCUT2D eigenvalue weighted by Gasteiger charge is -2.17. The van der Waals surface area contributed by atoms with Gasteiger partial charge in [-0.1, -0.05) is 18.2 Å². The number of rotatable bonds is 3. The van der Waals surface area contributed by atoms with E-state index in [-0.39, 0.29) is 5.56 Å². The van der Waals surface area contributed by atoms with Gasteiger partial charge in [-0.15, -0.1) is 0 Å². The highest BCUT2D eigenvalue weighted by atomic mass is 16.4. The smallest absolute Gasteiger partial charge is 0.337 e. The number of hydrogen-bond acceptors (Lipinski definition) is 3. The van der Waals surface area contributed by atoms with Crippen LogP contribution in [-0.2, 0) is 0 Å². The summed E-state index contributed by atoms with van der Waals surface area (Å²) in [6.07, 6.45) is 1.36. The second-order valence-corrected chi connectivity index (χ2v) is 3.60. The van der Waals surface area contributed by atoms with E-state index in [1.807, 2.05) is 42.3 Å². The van der Waals surface area contributed by atoms with E-state index in [0.717, 1.165) is 5.69 Å². The minimum Gasteiger partial charge on any atom is -0.478 e. The van der Waals surface area contributed by atoms with Crippen molar-refractivity contribution in [1.29, 1.82) is 0 Å². The van der Waals surface area contributed by atoms with Crippen molar-refractivity contribution in [3.05, 3.63) is 54.2 Å². The topological polar surface area (TPSA) is 53.4 Å². The Morgan fingerprint density at radius 1 is 1.18 bits per heavy atom. The molecule has 1 aromatic heterocycles. The molecule has 2 rings (SSSR count). The zero-order valence-corrected chi connectivity index (χ0v) is 9.37. The first-order valence-corrected chi connectivity index (χ1v) is 5.16. The third kappa shape index (κ3) is 2.42. The monoisotopic (exact) mass is 228 g/mol. The van der Waals surface area contributed by atoms with Crippen molar-refractivity contribution in [2.24, 2.45) is 0 Å². The highest BCUT2D eigenvalue weighted by molar-refractivity contribution is 5.87. The predicted octanol–water partition coefficient (Wildman–Crippen LogP) is 2.55. The normalized spacial score (nSPS) is 9.94. The molecule has 0 radical (unpaired) electrons. The number of pyridine rings is 1. The maximum atomic E-state index is 10.7. The van der Waals surface area contributed by atoms with E-state index in [1.165, 1.54) is 6.20 Å². The average Bonchev–Trinajstić information content (AvgIpc) is 2.39. The summed E-state index contributed by atoms with van der Waals surface area (Å²) in [5.41, 5.74) is 1.19. The summed E-state index contributed by atoms with van der Waals surface area (Å²) < 4.78 is 0. The quantitative estimate of drug-likeness (QED) is 0.877. The summed E-state index contributed by atoms with van der Waals surface area (Å²) in [6.45, 7) is 0. The molecule has 4 heteroatoms. The molecule has 0 fully saturated rings. The molecule has 1 heterocycles. The SMILES string of the molecule is CN(c1ccccc1)c1ccc(C(=O)O)cn1. The van der Waals surface area contributed by atoms with Gasteiger partial charge < -0.3 is 10.0 Å². The molecule has 17 heavy (non-hydrogen) atoms. The van der Waals surface area contributed by atoms with E-state index in [2.05, 4.69) is 4.98 Å². The number of para-hydroxylation sites is 1. The van der Waals surface area contributed by atoms with Crippen LogP contribution in [0.1, 0.15) is 10.4 Å². The van der Waals surface area contributed by atoms with Crippen molar-refractivity contribution in [3.8, 4) is 0 Å². The van der Waals surface area contributed by atoms with Crippen LogP contribution in [0.4, 0.5) is 11.5 Å². The number of anilines is 2. The lowest BCUT2D eigenvalue weighted by Crippen LogP contribution is -2.11. The summed E-state index contributed by atoms with van der Waals surface area (Å²) in [5, 5.41) is 8.78. The van der Waals surface area contributed by atoms with Crippen LogP contribution in [0.3, 0.4) is 0 Å². The molecule has 0 aliphatic rings. The Kier molecular flexibility index (Phi) is 3.05. The fourth-order valence-electron chi connectivity index (χ4n) is 1.49. The molecular weight excluding hydrogens is 216 g/mol. The van der Waals surface area contributed by atoms with Crippen LogP contribution < -0.4 is 4.90 Å². The number of nitrogens with zero attached hydrogens (tertiary/aromatic N) is 2. The first-order chi connectivity index (χ1) is 8.18.